The quantitative estimate of drug-likeness (QED) is 0.147. The van der Waals surface area contributed by atoms with Gasteiger partial charge in [-0.15, -0.1) is 0 Å². The van der Waals surface area contributed by atoms with Crippen molar-refractivity contribution in [3.63, 3.8) is 0 Å². The molecule has 0 aromatic carbocycles. The van der Waals surface area contributed by atoms with Crippen LogP contribution in [-0.4, -0.2) is 30.5 Å². The second-order valence-electron chi connectivity index (χ2n) is 7.66. The maximum atomic E-state index is 10.6. The van der Waals surface area contributed by atoms with Crippen molar-refractivity contribution in [2.45, 2.75) is 109 Å². The molecular weight excluding hydrogens is 418 g/mol. The third kappa shape index (κ3) is 19.8. The van der Waals surface area contributed by atoms with Gasteiger partial charge in [0.05, 0.1) is 13.2 Å². The van der Waals surface area contributed by atoms with Crippen molar-refractivity contribution in [2.24, 2.45) is 0 Å². The molecule has 1 rings (SSSR count). The Labute approximate surface area is 220 Å². The number of rotatable bonds is 18. The number of hydrogen-bond acceptors (Lipinski definition) is 5. The molecule has 1 aliphatic heterocycles. The fourth-order valence-corrected chi connectivity index (χ4v) is 3.66. The summed E-state index contributed by atoms with van der Waals surface area (Å²) in [5.41, 5.74) is 0. The first-order chi connectivity index (χ1) is 13.5. The number of phosphoric acid groups is 1. The van der Waals surface area contributed by atoms with E-state index in [2.05, 4.69) is 23.6 Å². The summed E-state index contributed by atoms with van der Waals surface area (Å²) < 4.78 is 25.9. The zero-order chi connectivity index (χ0) is 20.5. The van der Waals surface area contributed by atoms with E-state index in [9.17, 15) is 9.46 Å². The third-order valence-electron chi connectivity index (χ3n) is 4.94. The number of phosphoric ester groups is 1. The van der Waals surface area contributed by atoms with Crippen LogP contribution in [0.25, 0.3) is 0 Å². The predicted molar refractivity (Wildman–Crippen MR) is 110 cm³/mol. The molecule has 0 aliphatic carbocycles. The number of hydrogen-bond donors (Lipinski definition) is 1. The number of ether oxygens (including phenoxy) is 2. The van der Waals surface area contributed by atoms with Crippen LogP contribution >= 0.6 is 7.82 Å². The van der Waals surface area contributed by atoms with E-state index in [1.165, 1.54) is 70.6 Å². The normalized spacial score (nSPS) is 21.3. The monoisotopic (exact) mass is 458 g/mol. The fraction of sp³-hybridized carbons (Fsp3) is 0.905. The van der Waals surface area contributed by atoms with Crippen LogP contribution in [0.2, 0.25) is 0 Å². The van der Waals surface area contributed by atoms with Crippen molar-refractivity contribution < 1.29 is 79.7 Å². The van der Waals surface area contributed by atoms with Gasteiger partial charge in [0.2, 0.25) is 0 Å². The Kier molecular flexibility index (Phi) is 21.0. The molecule has 0 saturated carbocycles. The Bertz CT molecular complexity index is 443. The van der Waals surface area contributed by atoms with Crippen molar-refractivity contribution in [3.8, 4) is 0 Å². The molecule has 0 bridgehead atoms. The van der Waals surface area contributed by atoms with Crippen LogP contribution in [0.15, 0.2) is 12.2 Å². The minimum atomic E-state index is -4.68. The summed E-state index contributed by atoms with van der Waals surface area (Å²) in [7, 11) is -4.68. The van der Waals surface area contributed by atoms with Gasteiger partial charge >= 0.3 is 51.4 Å². The summed E-state index contributed by atoms with van der Waals surface area (Å²) in [5.74, 6) is 0. The zero-order valence-corrected chi connectivity index (χ0v) is 22.6. The second-order valence-corrected chi connectivity index (χ2v) is 8.85. The van der Waals surface area contributed by atoms with E-state index in [0.29, 0.717) is 6.61 Å². The summed E-state index contributed by atoms with van der Waals surface area (Å²) >= 11 is 0. The largest absolute Gasteiger partial charge is 1.00 e. The van der Waals surface area contributed by atoms with Gasteiger partial charge in [-0.05, 0) is 38.5 Å². The Balaban J connectivity index is 0.00000784. The van der Waals surface area contributed by atoms with E-state index in [0.717, 1.165) is 19.3 Å². The van der Waals surface area contributed by atoms with Crippen LogP contribution in [0.1, 0.15) is 96.8 Å². The maximum absolute atomic E-state index is 10.6. The molecule has 1 unspecified atom stereocenters. The predicted octanol–water partition coefficient (Wildman–Crippen LogP) is 2.25. The van der Waals surface area contributed by atoms with Crippen molar-refractivity contribution >= 4 is 7.82 Å². The zero-order valence-electron chi connectivity index (χ0n) is 18.6. The standard InChI is InChI=1S/C21H41O6P.K/c1-2-3-4-5-6-7-8-9-10-11-12-13-14-15-16-17-21-25-18-20(27-21)19-26-28(22,23)24;/h9-10,20-21H,2-8,11-19H2,1H3,(H2,22,23,24);/q;+1/p-1/b10-9-;/t20-,21-;/m1./s1. The molecule has 1 fully saturated rings. The van der Waals surface area contributed by atoms with E-state index >= 15 is 0 Å². The molecule has 0 spiro atoms. The first kappa shape index (κ1) is 30.4. The van der Waals surface area contributed by atoms with E-state index in [4.69, 9.17) is 14.4 Å². The average Bonchev–Trinajstić information content (AvgIpc) is 3.10. The molecule has 166 valence electrons. The van der Waals surface area contributed by atoms with Crippen molar-refractivity contribution in [1.82, 2.24) is 0 Å². The molecule has 0 amide bonds. The molecule has 29 heavy (non-hydrogen) atoms. The summed E-state index contributed by atoms with van der Waals surface area (Å²) in [6.07, 6.45) is 21.2. The topological polar surface area (TPSA) is 88.1 Å². The molecule has 3 atom stereocenters. The van der Waals surface area contributed by atoms with Crippen LogP contribution in [0.4, 0.5) is 0 Å². The van der Waals surface area contributed by atoms with E-state index in [-0.39, 0.29) is 64.3 Å². The molecule has 1 heterocycles. The summed E-state index contributed by atoms with van der Waals surface area (Å²) in [6, 6.07) is 0. The van der Waals surface area contributed by atoms with Crippen LogP contribution in [0.5, 0.6) is 0 Å². The Morgan fingerprint density at radius 3 is 2.14 bits per heavy atom. The van der Waals surface area contributed by atoms with Gasteiger partial charge in [0.15, 0.2) is 6.29 Å². The van der Waals surface area contributed by atoms with Crippen LogP contribution < -0.4 is 56.3 Å². The van der Waals surface area contributed by atoms with E-state index in [1.807, 2.05) is 0 Å². The van der Waals surface area contributed by atoms with Gasteiger partial charge in [0, 0.05) is 0 Å². The molecule has 0 aromatic rings. The second kappa shape index (κ2) is 20.0. The van der Waals surface area contributed by atoms with Gasteiger partial charge in [-0.1, -0.05) is 70.4 Å². The van der Waals surface area contributed by atoms with Crippen molar-refractivity contribution in [3.05, 3.63) is 12.2 Å². The van der Waals surface area contributed by atoms with Gasteiger partial charge in [0.1, 0.15) is 6.10 Å². The van der Waals surface area contributed by atoms with Crippen LogP contribution in [0, 0.1) is 0 Å². The molecule has 6 nitrogen and oxygen atoms in total. The molecule has 1 N–H and O–H groups in total. The Hall–Kier alpha value is 1.41. The van der Waals surface area contributed by atoms with Crippen LogP contribution in [0.3, 0.4) is 0 Å². The molecular formula is C21H40KO6P. The SMILES string of the molecule is CCCCCCCC/C=C\CCCCCCC[C@@H]1OC[C@H](COP(=O)([O-])O)O1.[K+]. The molecule has 0 radical (unpaired) electrons. The van der Waals surface area contributed by atoms with Crippen molar-refractivity contribution in [1.29, 1.82) is 0 Å². The van der Waals surface area contributed by atoms with E-state index in [1.54, 1.807) is 0 Å². The first-order valence-electron chi connectivity index (χ1n) is 11.1. The molecule has 1 aliphatic rings. The summed E-state index contributed by atoms with van der Waals surface area (Å²) in [6.45, 7) is 2.36. The maximum Gasteiger partial charge on any atom is 1.00 e. The van der Waals surface area contributed by atoms with Gasteiger partial charge in [-0.2, -0.15) is 0 Å². The molecule has 0 aromatic heterocycles. The molecule has 1 saturated heterocycles. The Morgan fingerprint density at radius 2 is 1.55 bits per heavy atom. The minimum Gasteiger partial charge on any atom is -0.756 e. The first-order valence-corrected chi connectivity index (χ1v) is 12.6. The number of allylic oxidation sites excluding steroid dienone is 2. The minimum absolute atomic E-state index is 0. The Morgan fingerprint density at radius 1 is 1.00 bits per heavy atom. The summed E-state index contributed by atoms with van der Waals surface area (Å²) in [4.78, 5) is 19.1. The van der Waals surface area contributed by atoms with Gasteiger partial charge in [-0.3, -0.25) is 4.57 Å². The van der Waals surface area contributed by atoms with Gasteiger partial charge in [-0.25, -0.2) is 0 Å². The molecule has 8 heteroatoms. The van der Waals surface area contributed by atoms with Gasteiger partial charge < -0.3 is 23.8 Å². The fourth-order valence-electron chi connectivity index (χ4n) is 3.31. The average molecular weight is 459 g/mol. The third-order valence-corrected chi connectivity index (χ3v) is 5.41. The summed E-state index contributed by atoms with van der Waals surface area (Å²) in [5, 5.41) is 0. The smallest absolute Gasteiger partial charge is 0.756 e. The number of unbranched alkanes of at least 4 members (excludes halogenated alkanes) is 11. The van der Waals surface area contributed by atoms with Crippen LogP contribution in [-0.2, 0) is 18.6 Å². The van der Waals surface area contributed by atoms with Gasteiger partial charge in [0.25, 0.3) is 7.82 Å². The van der Waals surface area contributed by atoms with E-state index < -0.39 is 13.9 Å². The van der Waals surface area contributed by atoms with Crippen molar-refractivity contribution in [2.75, 3.05) is 13.2 Å².